The maximum absolute atomic E-state index is 13.1. The molecule has 0 fully saturated rings. The summed E-state index contributed by atoms with van der Waals surface area (Å²) in [5.41, 5.74) is 6.88. The van der Waals surface area contributed by atoms with Crippen LogP contribution in [0.4, 0.5) is 10.1 Å². The van der Waals surface area contributed by atoms with Crippen LogP contribution in [0.5, 0.6) is 0 Å². The van der Waals surface area contributed by atoms with Crippen molar-refractivity contribution in [1.82, 2.24) is 20.7 Å². The van der Waals surface area contributed by atoms with E-state index in [1.807, 2.05) is 25.1 Å². The first-order valence-corrected chi connectivity index (χ1v) is 11.2. The second-order valence-corrected chi connectivity index (χ2v) is 8.13. The molecule has 8 heteroatoms. The zero-order chi connectivity index (χ0) is 25.2. The highest BCUT2D eigenvalue weighted by Gasteiger charge is 2.20. The molecular formula is C27H30FN5O2. The van der Waals surface area contributed by atoms with Gasteiger partial charge in [-0.05, 0) is 53.6 Å². The molecule has 1 unspecified atom stereocenters. The topological polar surface area (TPSA) is 89.3 Å². The second kappa shape index (κ2) is 12.3. The van der Waals surface area contributed by atoms with E-state index in [0.717, 1.165) is 16.8 Å². The fraction of sp³-hybridized carbons (Fsp3) is 0.185. The van der Waals surface area contributed by atoms with Gasteiger partial charge in [0.15, 0.2) is 0 Å². The van der Waals surface area contributed by atoms with Crippen molar-refractivity contribution in [2.45, 2.75) is 20.0 Å². The first kappa shape index (κ1) is 25.5. The molecule has 0 spiro atoms. The largest absolute Gasteiger partial charge is 0.384 e. The number of carbonyl (C=O) groups is 2. The number of rotatable bonds is 12. The summed E-state index contributed by atoms with van der Waals surface area (Å²) < 4.78 is 13.1. The average Bonchev–Trinajstić information content (AvgIpc) is 3.40. The van der Waals surface area contributed by atoms with Crippen LogP contribution in [0.2, 0.25) is 0 Å². The van der Waals surface area contributed by atoms with Gasteiger partial charge in [-0.2, -0.15) is 0 Å². The molecule has 7 nitrogen and oxygen atoms in total. The number of hydrogen-bond donors (Lipinski definition) is 4. The number of anilines is 1. The Hall–Kier alpha value is -4.17. The summed E-state index contributed by atoms with van der Waals surface area (Å²) in [6, 6.07) is 17.1. The molecule has 1 atom stereocenters. The minimum absolute atomic E-state index is 0.0833. The van der Waals surface area contributed by atoms with Crippen LogP contribution in [0.3, 0.4) is 0 Å². The van der Waals surface area contributed by atoms with Crippen molar-refractivity contribution in [3.05, 3.63) is 114 Å². The van der Waals surface area contributed by atoms with Gasteiger partial charge in [-0.15, -0.1) is 0 Å². The molecule has 182 valence electrons. The summed E-state index contributed by atoms with van der Waals surface area (Å²) >= 11 is 0. The van der Waals surface area contributed by atoms with Gasteiger partial charge in [-0.1, -0.05) is 44.3 Å². The molecule has 0 saturated carbocycles. The maximum atomic E-state index is 13.1. The summed E-state index contributed by atoms with van der Waals surface area (Å²) in [6.07, 6.45) is 2.91. The van der Waals surface area contributed by atoms with E-state index in [1.54, 1.807) is 41.5 Å². The molecular weight excluding hydrogens is 445 g/mol. The lowest BCUT2D eigenvalue weighted by molar-refractivity contribution is -0.111. The van der Waals surface area contributed by atoms with E-state index in [2.05, 4.69) is 34.2 Å². The van der Waals surface area contributed by atoms with Gasteiger partial charge < -0.3 is 15.6 Å². The van der Waals surface area contributed by atoms with Gasteiger partial charge >= 0.3 is 0 Å². The normalized spacial score (nSPS) is 11.4. The highest BCUT2D eigenvalue weighted by Crippen LogP contribution is 2.14. The molecule has 2 amide bonds. The number of amides is 2. The first-order valence-electron chi connectivity index (χ1n) is 11.2. The van der Waals surface area contributed by atoms with Crippen molar-refractivity contribution in [3.8, 4) is 0 Å². The molecule has 4 N–H and O–H groups in total. The number of nitrogens with one attached hydrogen (secondary N) is 4. The molecule has 0 bridgehead atoms. The molecule has 0 saturated heterocycles. The van der Waals surface area contributed by atoms with E-state index in [1.165, 1.54) is 18.2 Å². The van der Waals surface area contributed by atoms with Crippen LogP contribution < -0.4 is 16.1 Å². The van der Waals surface area contributed by atoms with Crippen molar-refractivity contribution in [1.29, 1.82) is 0 Å². The Balaban J connectivity index is 1.64. The lowest BCUT2D eigenvalue weighted by Gasteiger charge is -2.28. The van der Waals surface area contributed by atoms with Crippen molar-refractivity contribution in [2.75, 3.05) is 11.9 Å². The Morgan fingerprint density at radius 3 is 2.54 bits per heavy atom. The maximum Gasteiger partial charge on any atom is 0.284 e. The summed E-state index contributed by atoms with van der Waals surface area (Å²) in [4.78, 5) is 27.7. The number of hydrogen-bond acceptors (Lipinski definition) is 4. The minimum atomic E-state index is -0.292. The predicted molar refractivity (Wildman–Crippen MR) is 135 cm³/mol. The Labute approximate surface area is 204 Å². The number of aromatic amines is 1. The van der Waals surface area contributed by atoms with E-state index in [-0.39, 0.29) is 23.5 Å². The van der Waals surface area contributed by atoms with Gasteiger partial charge in [0.05, 0.1) is 0 Å². The third-order valence-corrected chi connectivity index (χ3v) is 5.41. The Morgan fingerprint density at radius 2 is 1.86 bits per heavy atom. The van der Waals surface area contributed by atoms with Gasteiger partial charge in [-0.3, -0.25) is 14.6 Å². The highest BCUT2D eigenvalue weighted by molar-refractivity contribution is 5.98. The van der Waals surface area contributed by atoms with Crippen LogP contribution >= 0.6 is 0 Å². The molecule has 3 aromatic rings. The quantitative estimate of drug-likeness (QED) is 0.231. The molecule has 35 heavy (non-hydrogen) atoms. The minimum Gasteiger partial charge on any atom is -0.384 e. The average molecular weight is 476 g/mol. The molecule has 1 heterocycles. The monoisotopic (exact) mass is 475 g/mol. The van der Waals surface area contributed by atoms with Crippen LogP contribution in [0.1, 0.15) is 28.5 Å². The number of halogens is 1. The van der Waals surface area contributed by atoms with E-state index in [4.69, 9.17) is 0 Å². The summed E-state index contributed by atoms with van der Waals surface area (Å²) in [7, 11) is 0. The zero-order valence-electron chi connectivity index (χ0n) is 19.7. The molecule has 2 aromatic carbocycles. The van der Waals surface area contributed by atoms with Gasteiger partial charge in [-0.25, -0.2) is 9.82 Å². The van der Waals surface area contributed by atoms with E-state index >= 15 is 0 Å². The molecule has 0 aliphatic rings. The highest BCUT2D eigenvalue weighted by atomic mass is 19.1. The van der Waals surface area contributed by atoms with Crippen LogP contribution in [0.25, 0.3) is 0 Å². The van der Waals surface area contributed by atoms with Crippen LogP contribution in [0, 0.1) is 11.7 Å². The fourth-order valence-corrected chi connectivity index (χ4v) is 3.34. The van der Waals surface area contributed by atoms with Crippen LogP contribution in [0.15, 0.2) is 91.8 Å². The molecule has 1 aromatic heterocycles. The van der Waals surface area contributed by atoms with Crippen molar-refractivity contribution in [2.24, 2.45) is 5.92 Å². The van der Waals surface area contributed by atoms with Crippen molar-refractivity contribution in [3.63, 3.8) is 0 Å². The van der Waals surface area contributed by atoms with Gasteiger partial charge in [0, 0.05) is 43.1 Å². The lowest BCUT2D eigenvalue weighted by atomic mass is 10.1. The summed E-state index contributed by atoms with van der Waals surface area (Å²) in [5.74, 6) is -0.859. The Kier molecular flexibility index (Phi) is 8.97. The van der Waals surface area contributed by atoms with E-state index < -0.39 is 0 Å². The number of aromatic nitrogens is 1. The Bertz CT molecular complexity index is 1160. The molecule has 0 radical (unpaired) electrons. The zero-order valence-corrected chi connectivity index (χ0v) is 19.7. The van der Waals surface area contributed by atoms with Crippen molar-refractivity contribution >= 4 is 17.5 Å². The molecule has 0 aliphatic heterocycles. The summed E-state index contributed by atoms with van der Waals surface area (Å²) in [6.45, 7) is 10.8. The number of carbonyl (C=O) groups excluding carboxylic acids is 2. The fourth-order valence-electron chi connectivity index (χ4n) is 3.34. The number of hydrazine groups is 1. The summed E-state index contributed by atoms with van der Waals surface area (Å²) in [5, 5.41) is 7.55. The van der Waals surface area contributed by atoms with Gasteiger partial charge in [0.25, 0.3) is 5.91 Å². The third kappa shape index (κ3) is 7.68. The second-order valence-electron chi connectivity index (χ2n) is 8.13. The number of benzene rings is 2. The van der Waals surface area contributed by atoms with E-state index in [0.29, 0.717) is 31.0 Å². The van der Waals surface area contributed by atoms with E-state index in [9.17, 15) is 14.0 Å². The predicted octanol–water partition coefficient (Wildman–Crippen LogP) is 4.36. The smallest absolute Gasteiger partial charge is 0.284 e. The SMILES string of the molecule is C=CC(=O)Nc1cccc(CNN(CC(C)C(=C)NCc2ccc(F)cc2)C(=O)c2ccc[nH]2)c1. The standard InChI is InChI=1S/C27H30FN5O2/c1-4-26(34)32-24-8-5-7-22(15-24)17-31-33(27(35)25-9-6-14-29-25)18-19(2)20(3)30-16-21-10-12-23(28)13-11-21/h4-15,19,29-31H,1,3,16-18H2,2H3,(H,32,34). The van der Waals surface area contributed by atoms with Gasteiger partial charge in [0.2, 0.25) is 5.91 Å². The van der Waals surface area contributed by atoms with Gasteiger partial charge in [0.1, 0.15) is 11.5 Å². The van der Waals surface area contributed by atoms with Crippen molar-refractivity contribution < 1.29 is 14.0 Å². The first-order chi connectivity index (χ1) is 16.9. The van der Waals surface area contributed by atoms with Crippen LogP contribution in [-0.4, -0.2) is 28.4 Å². The molecule has 0 aliphatic carbocycles. The van der Waals surface area contributed by atoms with Crippen LogP contribution in [-0.2, 0) is 17.9 Å². The number of H-pyrrole nitrogens is 1. The number of nitrogens with zero attached hydrogens (tertiary/aromatic N) is 1. The molecule has 3 rings (SSSR count). The third-order valence-electron chi connectivity index (χ3n) is 5.41. The lowest BCUT2D eigenvalue weighted by Crippen LogP contribution is -2.45. The Morgan fingerprint density at radius 1 is 1.09 bits per heavy atom.